The molecule has 1 heterocycles. The number of methoxy groups -OCH3 is 1. The van der Waals surface area contributed by atoms with Crippen LogP contribution in [0.1, 0.15) is 34.3 Å². The first-order valence-corrected chi connectivity index (χ1v) is 10.7. The van der Waals surface area contributed by atoms with Gasteiger partial charge in [-0.1, -0.05) is 29.8 Å². The van der Waals surface area contributed by atoms with Crippen LogP contribution in [-0.2, 0) is 15.8 Å². The maximum atomic E-state index is 12.7. The van der Waals surface area contributed by atoms with E-state index < -0.39 is 10.0 Å². The molecule has 2 aromatic rings. The van der Waals surface area contributed by atoms with Crippen LogP contribution in [0.3, 0.4) is 0 Å². The maximum absolute atomic E-state index is 12.7. The van der Waals surface area contributed by atoms with E-state index in [1.165, 1.54) is 4.31 Å². The van der Waals surface area contributed by atoms with Crippen LogP contribution in [-0.4, -0.2) is 38.7 Å². The molecule has 0 spiro atoms. The average molecular weight is 388 g/mol. The third-order valence-electron chi connectivity index (χ3n) is 5.06. The van der Waals surface area contributed by atoms with Crippen molar-refractivity contribution < 1.29 is 17.9 Å². The smallest absolute Gasteiger partial charge is 0.218 e. The van der Waals surface area contributed by atoms with Gasteiger partial charge in [0.1, 0.15) is 5.75 Å². The Labute approximate surface area is 161 Å². The number of sulfonamides is 1. The summed E-state index contributed by atoms with van der Waals surface area (Å²) in [5.41, 5.74) is 2.54. The molecule has 1 saturated heterocycles. The Morgan fingerprint density at radius 2 is 1.63 bits per heavy atom. The van der Waals surface area contributed by atoms with Gasteiger partial charge in [-0.3, -0.25) is 4.79 Å². The lowest BCUT2D eigenvalue weighted by molar-refractivity contribution is 0.0875. The fourth-order valence-corrected chi connectivity index (χ4v) is 4.94. The summed E-state index contributed by atoms with van der Waals surface area (Å²) in [6.45, 7) is 2.75. The second-order valence-electron chi connectivity index (χ2n) is 7.01. The van der Waals surface area contributed by atoms with E-state index in [1.807, 2.05) is 31.2 Å². The topological polar surface area (TPSA) is 63.7 Å². The predicted octanol–water partition coefficient (Wildman–Crippen LogP) is 3.43. The number of aryl methyl sites for hydroxylation is 1. The summed E-state index contributed by atoms with van der Waals surface area (Å²) < 4.78 is 32.0. The van der Waals surface area contributed by atoms with Crippen molar-refractivity contribution in [2.75, 3.05) is 20.2 Å². The standard InChI is InChI=1S/C21H25NO4S/c1-16-3-5-17(6-4-16)15-27(24,25)22-13-11-19(12-14-22)21(23)18-7-9-20(26-2)10-8-18/h3-10,19H,11-15H2,1-2H3. The van der Waals surface area contributed by atoms with E-state index >= 15 is 0 Å². The first-order chi connectivity index (χ1) is 12.9. The largest absolute Gasteiger partial charge is 0.497 e. The molecule has 2 aromatic carbocycles. The summed E-state index contributed by atoms with van der Waals surface area (Å²) in [6, 6.07) is 14.6. The second-order valence-corrected chi connectivity index (χ2v) is 8.98. The first-order valence-electron chi connectivity index (χ1n) is 9.10. The van der Waals surface area contributed by atoms with Crippen LogP contribution in [0.4, 0.5) is 0 Å². The maximum Gasteiger partial charge on any atom is 0.218 e. The summed E-state index contributed by atoms with van der Waals surface area (Å²) in [5.74, 6) is 0.658. The molecule has 1 aliphatic heterocycles. The molecule has 6 heteroatoms. The lowest BCUT2D eigenvalue weighted by Gasteiger charge is -2.30. The van der Waals surface area contributed by atoms with Crippen molar-refractivity contribution in [2.24, 2.45) is 5.92 Å². The van der Waals surface area contributed by atoms with Gasteiger partial charge in [-0.15, -0.1) is 0 Å². The zero-order valence-electron chi connectivity index (χ0n) is 15.7. The number of benzene rings is 2. The summed E-state index contributed by atoms with van der Waals surface area (Å²) in [5, 5.41) is 0. The number of ether oxygens (including phenoxy) is 1. The molecule has 0 atom stereocenters. The SMILES string of the molecule is COc1ccc(C(=O)C2CCN(S(=O)(=O)Cc3ccc(C)cc3)CC2)cc1. The molecule has 5 nitrogen and oxygen atoms in total. The van der Waals surface area contributed by atoms with Crippen molar-refractivity contribution in [3.05, 3.63) is 65.2 Å². The number of ketones is 1. The minimum Gasteiger partial charge on any atom is -0.497 e. The molecule has 1 aliphatic rings. The van der Waals surface area contributed by atoms with Gasteiger partial charge in [-0.25, -0.2) is 12.7 Å². The average Bonchev–Trinajstić information content (AvgIpc) is 2.69. The molecule has 3 rings (SSSR count). The van der Waals surface area contributed by atoms with E-state index in [-0.39, 0.29) is 17.5 Å². The molecule has 144 valence electrons. The monoisotopic (exact) mass is 387 g/mol. The van der Waals surface area contributed by atoms with Gasteiger partial charge in [0.15, 0.2) is 5.78 Å². The lowest BCUT2D eigenvalue weighted by Crippen LogP contribution is -2.40. The normalized spacial score (nSPS) is 16.2. The minimum absolute atomic E-state index is 0.00434. The molecule has 0 radical (unpaired) electrons. The second kappa shape index (κ2) is 8.23. The molecule has 0 unspecified atom stereocenters. The highest BCUT2D eigenvalue weighted by molar-refractivity contribution is 7.88. The van der Waals surface area contributed by atoms with Crippen LogP contribution >= 0.6 is 0 Å². The number of carbonyl (C=O) groups is 1. The Kier molecular flexibility index (Phi) is 5.97. The van der Waals surface area contributed by atoms with Crippen LogP contribution in [0.15, 0.2) is 48.5 Å². The fraction of sp³-hybridized carbons (Fsp3) is 0.381. The molecule has 0 amide bonds. The van der Waals surface area contributed by atoms with Crippen LogP contribution in [0, 0.1) is 12.8 Å². The summed E-state index contributed by atoms with van der Waals surface area (Å²) >= 11 is 0. The summed E-state index contributed by atoms with van der Waals surface area (Å²) in [4.78, 5) is 12.7. The summed E-state index contributed by atoms with van der Waals surface area (Å²) in [7, 11) is -1.78. The predicted molar refractivity (Wildman–Crippen MR) is 105 cm³/mol. The Balaban J connectivity index is 1.60. The Morgan fingerprint density at radius 1 is 1.04 bits per heavy atom. The van der Waals surface area contributed by atoms with Gasteiger partial charge in [0.25, 0.3) is 0 Å². The summed E-state index contributed by atoms with van der Waals surface area (Å²) in [6.07, 6.45) is 1.11. The van der Waals surface area contributed by atoms with Gasteiger partial charge in [0.05, 0.1) is 12.9 Å². The van der Waals surface area contributed by atoms with Crippen molar-refractivity contribution in [1.82, 2.24) is 4.31 Å². The molecule has 0 bridgehead atoms. The van der Waals surface area contributed by atoms with Crippen molar-refractivity contribution in [3.8, 4) is 5.75 Å². The lowest BCUT2D eigenvalue weighted by atomic mass is 9.89. The zero-order valence-corrected chi connectivity index (χ0v) is 16.5. The number of rotatable bonds is 6. The molecule has 27 heavy (non-hydrogen) atoms. The van der Waals surface area contributed by atoms with Crippen LogP contribution < -0.4 is 4.74 Å². The van der Waals surface area contributed by atoms with Gasteiger partial charge in [0.2, 0.25) is 10.0 Å². The highest BCUT2D eigenvalue weighted by Gasteiger charge is 2.31. The molecule has 1 fully saturated rings. The highest BCUT2D eigenvalue weighted by atomic mass is 32.2. The number of hydrogen-bond acceptors (Lipinski definition) is 4. The zero-order chi connectivity index (χ0) is 19.4. The quantitative estimate of drug-likeness (QED) is 0.713. The van der Waals surface area contributed by atoms with Gasteiger partial charge < -0.3 is 4.74 Å². The number of hydrogen-bond donors (Lipinski definition) is 0. The first kappa shape index (κ1) is 19.6. The molecular formula is C21H25NO4S. The third kappa shape index (κ3) is 4.76. The van der Waals surface area contributed by atoms with E-state index in [0.29, 0.717) is 37.2 Å². The van der Waals surface area contributed by atoms with E-state index in [1.54, 1.807) is 31.4 Å². The van der Waals surface area contributed by atoms with Gasteiger partial charge in [-0.2, -0.15) is 0 Å². The highest BCUT2D eigenvalue weighted by Crippen LogP contribution is 2.25. The Morgan fingerprint density at radius 3 is 2.19 bits per heavy atom. The minimum atomic E-state index is -3.37. The number of piperidine rings is 1. The van der Waals surface area contributed by atoms with E-state index in [9.17, 15) is 13.2 Å². The van der Waals surface area contributed by atoms with Gasteiger partial charge in [0, 0.05) is 24.6 Å². The van der Waals surface area contributed by atoms with Crippen molar-refractivity contribution in [1.29, 1.82) is 0 Å². The molecule has 0 N–H and O–H groups in total. The van der Waals surface area contributed by atoms with E-state index in [0.717, 1.165) is 11.1 Å². The van der Waals surface area contributed by atoms with Crippen LogP contribution in [0.2, 0.25) is 0 Å². The molecule has 0 aromatic heterocycles. The number of Topliss-reactive ketones (excluding diaryl/α,β-unsaturated/α-hetero) is 1. The Hall–Kier alpha value is -2.18. The van der Waals surface area contributed by atoms with E-state index in [4.69, 9.17) is 4.74 Å². The van der Waals surface area contributed by atoms with Crippen molar-refractivity contribution in [3.63, 3.8) is 0 Å². The number of carbonyl (C=O) groups excluding carboxylic acids is 1. The molecule has 0 aliphatic carbocycles. The fourth-order valence-electron chi connectivity index (χ4n) is 3.37. The third-order valence-corrected chi connectivity index (χ3v) is 6.91. The van der Waals surface area contributed by atoms with Gasteiger partial charge in [-0.05, 0) is 49.6 Å². The van der Waals surface area contributed by atoms with Crippen LogP contribution in [0.5, 0.6) is 5.75 Å². The van der Waals surface area contributed by atoms with Crippen LogP contribution in [0.25, 0.3) is 0 Å². The van der Waals surface area contributed by atoms with Crippen molar-refractivity contribution in [2.45, 2.75) is 25.5 Å². The molecular weight excluding hydrogens is 362 g/mol. The van der Waals surface area contributed by atoms with Gasteiger partial charge >= 0.3 is 0 Å². The van der Waals surface area contributed by atoms with Crippen molar-refractivity contribution >= 4 is 15.8 Å². The molecule has 0 saturated carbocycles. The van der Waals surface area contributed by atoms with E-state index in [2.05, 4.69) is 0 Å². The Bertz CT molecular complexity index is 881. The number of nitrogens with zero attached hydrogens (tertiary/aromatic N) is 1.